The maximum absolute atomic E-state index is 4.09. The maximum Gasteiger partial charge on any atom is 0.133 e. The fraction of sp³-hybridized carbons (Fsp3) is 0.571. The molecule has 0 spiro atoms. The van der Waals surface area contributed by atoms with Crippen molar-refractivity contribution >= 4 is 5.84 Å². The van der Waals surface area contributed by atoms with E-state index in [0.717, 1.165) is 11.7 Å². The monoisotopic (exact) mass is 139 g/mol. The molecule has 56 valence electrons. The molecule has 1 N–H and O–H groups in total. The molecule has 0 amide bonds. The lowest BCUT2D eigenvalue weighted by Gasteiger charge is -2.15. The van der Waals surface area contributed by atoms with Crippen LogP contribution in [0, 0.1) is 5.92 Å². The van der Waals surface area contributed by atoms with Crippen molar-refractivity contribution < 1.29 is 0 Å². The summed E-state index contributed by atoms with van der Waals surface area (Å²) in [5, 5.41) is 4.09. The van der Waals surface area contributed by atoms with Gasteiger partial charge in [0.2, 0.25) is 0 Å². The van der Waals surface area contributed by atoms with Crippen LogP contribution in [0.25, 0.3) is 0 Å². The van der Waals surface area contributed by atoms with Gasteiger partial charge in [-0.3, -0.25) is 5.43 Å². The Hall–Kier alpha value is -0.990. The van der Waals surface area contributed by atoms with Crippen molar-refractivity contribution in [2.75, 3.05) is 7.05 Å². The van der Waals surface area contributed by atoms with Gasteiger partial charge < -0.3 is 4.90 Å². The summed E-state index contributed by atoms with van der Waals surface area (Å²) < 4.78 is 0. The van der Waals surface area contributed by atoms with Crippen molar-refractivity contribution in [1.29, 1.82) is 0 Å². The fourth-order valence-electron chi connectivity index (χ4n) is 0.926. The number of hydrazone groups is 1. The first-order valence-electron chi connectivity index (χ1n) is 3.39. The van der Waals surface area contributed by atoms with Crippen molar-refractivity contribution in [3.05, 3.63) is 12.4 Å². The van der Waals surface area contributed by atoms with Crippen LogP contribution in [0.15, 0.2) is 17.5 Å². The lowest BCUT2D eigenvalue weighted by Crippen LogP contribution is -2.25. The van der Waals surface area contributed by atoms with Crippen LogP contribution in [-0.2, 0) is 0 Å². The number of hydrogen-bond donors (Lipinski definition) is 1. The van der Waals surface area contributed by atoms with Crippen LogP contribution in [0.5, 0.6) is 0 Å². The lowest BCUT2D eigenvalue weighted by atomic mass is 10.2. The highest BCUT2D eigenvalue weighted by Crippen LogP contribution is 2.10. The lowest BCUT2D eigenvalue weighted by molar-refractivity contribution is 0.587. The van der Waals surface area contributed by atoms with Crippen LogP contribution < -0.4 is 5.43 Å². The normalized spacial score (nSPS) is 17.8. The molecular formula is C7H13N3. The third-order valence-electron chi connectivity index (χ3n) is 1.56. The second-order valence-electron chi connectivity index (χ2n) is 2.74. The minimum absolute atomic E-state index is 0.455. The number of hydrogen-bond acceptors (Lipinski definition) is 3. The molecule has 0 aromatic rings. The third kappa shape index (κ3) is 0.988. The van der Waals surface area contributed by atoms with E-state index in [1.54, 1.807) is 0 Å². The largest absolute Gasteiger partial charge is 0.317 e. The SMILES string of the molecule is C=C1NN=C(C(C)C)N1C. The predicted molar refractivity (Wildman–Crippen MR) is 42.3 cm³/mol. The first-order valence-corrected chi connectivity index (χ1v) is 3.39. The van der Waals surface area contributed by atoms with E-state index in [1.165, 1.54) is 0 Å². The van der Waals surface area contributed by atoms with E-state index in [4.69, 9.17) is 0 Å². The van der Waals surface area contributed by atoms with E-state index in [2.05, 4.69) is 31.0 Å². The molecule has 1 aliphatic rings. The summed E-state index contributed by atoms with van der Waals surface area (Å²) in [6.07, 6.45) is 0. The molecule has 1 rings (SSSR count). The molecule has 0 aromatic carbocycles. The molecule has 0 bridgehead atoms. The number of nitrogens with zero attached hydrogens (tertiary/aromatic N) is 2. The van der Waals surface area contributed by atoms with Gasteiger partial charge >= 0.3 is 0 Å². The molecule has 0 atom stereocenters. The third-order valence-corrected chi connectivity index (χ3v) is 1.56. The smallest absolute Gasteiger partial charge is 0.133 e. The Morgan fingerprint density at radius 1 is 1.60 bits per heavy atom. The van der Waals surface area contributed by atoms with Crippen molar-refractivity contribution in [3.8, 4) is 0 Å². The van der Waals surface area contributed by atoms with Gasteiger partial charge in [0.1, 0.15) is 11.7 Å². The Labute approximate surface area is 61.4 Å². The molecule has 1 aliphatic heterocycles. The molecule has 0 aromatic heterocycles. The molecule has 0 saturated heterocycles. The predicted octanol–water partition coefficient (Wildman–Crippen LogP) is 0.962. The zero-order chi connectivity index (χ0) is 7.72. The fourth-order valence-corrected chi connectivity index (χ4v) is 0.926. The van der Waals surface area contributed by atoms with Gasteiger partial charge in [0.25, 0.3) is 0 Å². The van der Waals surface area contributed by atoms with Gasteiger partial charge in [-0.05, 0) is 0 Å². The van der Waals surface area contributed by atoms with E-state index >= 15 is 0 Å². The van der Waals surface area contributed by atoms with Gasteiger partial charge in [-0.15, -0.1) is 0 Å². The minimum atomic E-state index is 0.455. The summed E-state index contributed by atoms with van der Waals surface area (Å²) in [4.78, 5) is 1.96. The quantitative estimate of drug-likeness (QED) is 0.586. The molecule has 0 aliphatic carbocycles. The Bertz CT molecular complexity index is 181. The molecule has 10 heavy (non-hydrogen) atoms. The van der Waals surface area contributed by atoms with E-state index in [9.17, 15) is 0 Å². The Morgan fingerprint density at radius 3 is 2.40 bits per heavy atom. The van der Waals surface area contributed by atoms with Crippen LogP contribution in [0.1, 0.15) is 13.8 Å². The summed E-state index contributed by atoms with van der Waals surface area (Å²) in [7, 11) is 1.96. The highest BCUT2D eigenvalue weighted by atomic mass is 15.5. The molecule has 3 heteroatoms. The topological polar surface area (TPSA) is 27.6 Å². The first-order chi connectivity index (χ1) is 4.63. The molecule has 0 fully saturated rings. The summed E-state index contributed by atoms with van der Waals surface area (Å²) in [5.41, 5.74) is 2.82. The van der Waals surface area contributed by atoms with Gasteiger partial charge in [-0.2, -0.15) is 5.10 Å². The highest BCUT2D eigenvalue weighted by molar-refractivity contribution is 5.86. The molecular weight excluding hydrogens is 126 g/mol. The summed E-state index contributed by atoms with van der Waals surface area (Å²) in [6, 6.07) is 0. The van der Waals surface area contributed by atoms with Crippen molar-refractivity contribution in [2.45, 2.75) is 13.8 Å². The van der Waals surface area contributed by atoms with Crippen molar-refractivity contribution in [1.82, 2.24) is 10.3 Å². The van der Waals surface area contributed by atoms with Crippen LogP contribution in [0.2, 0.25) is 0 Å². The second kappa shape index (κ2) is 2.33. The average molecular weight is 139 g/mol. The van der Waals surface area contributed by atoms with Gasteiger partial charge in [0, 0.05) is 13.0 Å². The maximum atomic E-state index is 4.09. The zero-order valence-electron chi connectivity index (χ0n) is 6.68. The highest BCUT2D eigenvalue weighted by Gasteiger charge is 2.18. The Morgan fingerprint density at radius 2 is 2.20 bits per heavy atom. The van der Waals surface area contributed by atoms with E-state index < -0.39 is 0 Å². The average Bonchev–Trinajstić information content (AvgIpc) is 2.14. The summed E-state index contributed by atoms with van der Waals surface area (Å²) in [6.45, 7) is 7.98. The number of rotatable bonds is 1. The summed E-state index contributed by atoms with van der Waals surface area (Å²) in [5.74, 6) is 2.35. The number of nitrogens with one attached hydrogen (secondary N) is 1. The molecule has 0 radical (unpaired) electrons. The van der Waals surface area contributed by atoms with Crippen LogP contribution in [0.4, 0.5) is 0 Å². The van der Waals surface area contributed by atoms with Gasteiger partial charge in [0.05, 0.1) is 0 Å². The summed E-state index contributed by atoms with van der Waals surface area (Å²) >= 11 is 0. The van der Waals surface area contributed by atoms with Crippen LogP contribution in [0.3, 0.4) is 0 Å². The zero-order valence-corrected chi connectivity index (χ0v) is 6.68. The molecule has 0 unspecified atom stereocenters. The van der Waals surface area contributed by atoms with Crippen molar-refractivity contribution in [2.24, 2.45) is 11.0 Å². The minimum Gasteiger partial charge on any atom is -0.317 e. The van der Waals surface area contributed by atoms with E-state index in [0.29, 0.717) is 5.92 Å². The van der Waals surface area contributed by atoms with Crippen LogP contribution in [-0.4, -0.2) is 17.8 Å². The Balaban J connectivity index is 2.72. The van der Waals surface area contributed by atoms with E-state index in [1.807, 2.05) is 11.9 Å². The molecule has 3 nitrogen and oxygen atoms in total. The van der Waals surface area contributed by atoms with Crippen molar-refractivity contribution in [3.63, 3.8) is 0 Å². The van der Waals surface area contributed by atoms with Gasteiger partial charge in [-0.1, -0.05) is 20.4 Å². The Kier molecular flexibility index (Phi) is 1.66. The number of amidine groups is 1. The molecule has 1 heterocycles. The standard InChI is InChI=1S/C7H13N3/c1-5(2)7-9-8-6(3)10(7)4/h5,8H,3H2,1-2,4H3. The van der Waals surface area contributed by atoms with E-state index in [-0.39, 0.29) is 0 Å². The first kappa shape index (κ1) is 7.12. The van der Waals surface area contributed by atoms with Crippen LogP contribution >= 0.6 is 0 Å². The molecule has 0 saturated carbocycles. The van der Waals surface area contributed by atoms with Gasteiger partial charge in [0.15, 0.2) is 0 Å². The van der Waals surface area contributed by atoms with Gasteiger partial charge in [-0.25, -0.2) is 0 Å². The second-order valence-corrected chi connectivity index (χ2v) is 2.74.